The summed E-state index contributed by atoms with van der Waals surface area (Å²) in [5.74, 6) is 0.268. The number of anilines is 2. The summed E-state index contributed by atoms with van der Waals surface area (Å²) >= 11 is 6.06. The van der Waals surface area contributed by atoms with Gasteiger partial charge in [0.1, 0.15) is 0 Å². The zero-order valence-corrected chi connectivity index (χ0v) is 13.2. The molecule has 23 heavy (non-hydrogen) atoms. The zero-order chi connectivity index (χ0) is 16.2. The van der Waals surface area contributed by atoms with E-state index in [9.17, 15) is 4.79 Å². The van der Waals surface area contributed by atoms with Gasteiger partial charge in [0, 0.05) is 16.5 Å². The van der Waals surface area contributed by atoms with Gasteiger partial charge in [-0.1, -0.05) is 35.9 Å². The van der Waals surface area contributed by atoms with Gasteiger partial charge in [-0.2, -0.15) is 0 Å². The van der Waals surface area contributed by atoms with Crippen LogP contribution in [0.2, 0.25) is 5.15 Å². The van der Waals surface area contributed by atoms with E-state index in [1.165, 1.54) is 0 Å². The highest BCUT2D eigenvalue weighted by Crippen LogP contribution is 2.27. The van der Waals surface area contributed by atoms with Crippen LogP contribution in [-0.4, -0.2) is 22.8 Å². The highest BCUT2D eigenvalue weighted by molar-refractivity contribution is 6.34. The molecule has 0 unspecified atom stereocenters. The van der Waals surface area contributed by atoms with Gasteiger partial charge in [-0.3, -0.25) is 0 Å². The molecule has 0 radical (unpaired) electrons. The second-order valence-electron chi connectivity index (χ2n) is 4.81. The fraction of sp³-hybridized carbons (Fsp3) is 0.118. The second-order valence-corrected chi connectivity index (χ2v) is 5.17. The van der Waals surface area contributed by atoms with Crippen LogP contribution in [0.4, 0.5) is 11.5 Å². The first-order valence-electron chi connectivity index (χ1n) is 7.14. The molecule has 116 valence electrons. The highest BCUT2D eigenvalue weighted by Gasteiger charge is 2.09. The molecule has 3 aromatic rings. The first-order chi connectivity index (χ1) is 11.2. The number of halogens is 1. The van der Waals surface area contributed by atoms with Crippen molar-refractivity contribution >= 4 is 39.8 Å². The number of fused-ring (bicyclic) bond motifs is 1. The molecule has 0 aliphatic heterocycles. The lowest BCUT2D eigenvalue weighted by atomic mass is 10.1. The summed E-state index contributed by atoms with van der Waals surface area (Å²) in [7, 11) is 0. The third kappa shape index (κ3) is 3.24. The molecule has 5 nitrogen and oxygen atoms in total. The van der Waals surface area contributed by atoms with Crippen molar-refractivity contribution in [3.63, 3.8) is 0 Å². The molecular formula is C17H14ClN3O2. The molecule has 0 amide bonds. The number of hydrogen-bond acceptors (Lipinski definition) is 5. The Morgan fingerprint density at radius 2 is 1.78 bits per heavy atom. The molecule has 1 N–H and O–H groups in total. The van der Waals surface area contributed by atoms with Gasteiger partial charge in [0.2, 0.25) is 0 Å². The Morgan fingerprint density at radius 1 is 1.09 bits per heavy atom. The first kappa shape index (κ1) is 15.2. The standard InChI is InChI=1S/C17H14ClN3O2/c1-2-23-17(22)11-7-9-12(10-8-11)19-16-14-6-4-3-5-13(14)15(18)20-21-16/h3-10H,2H2,1H3,(H,19,21). The minimum Gasteiger partial charge on any atom is -0.462 e. The van der Waals surface area contributed by atoms with Gasteiger partial charge in [-0.05, 0) is 31.2 Å². The van der Waals surface area contributed by atoms with Crippen molar-refractivity contribution in [3.8, 4) is 0 Å². The fourth-order valence-electron chi connectivity index (χ4n) is 2.20. The fourth-order valence-corrected chi connectivity index (χ4v) is 2.41. The van der Waals surface area contributed by atoms with E-state index < -0.39 is 0 Å². The quantitative estimate of drug-likeness (QED) is 0.727. The Labute approximate surface area is 138 Å². The average Bonchev–Trinajstić information content (AvgIpc) is 2.58. The van der Waals surface area contributed by atoms with Crippen LogP contribution in [0.5, 0.6) is 0 Å². The molecule has 3 rings (SSSR count). The van der Waals surface area contributed by atoms with Crippen LogP contribution in [0, 0.1) is 0 Å². The molecule has 2 aromatic carbocycles. The molecule has 0 aliphatic rings. The van der Waals surface area contributed by atoms with Gasteiger partial charge < -0.3 is 10.1 Å². The topological polar surface area (TPSA) is 64.1 Å². The number of nitrogens with one attached hydrogen (secondary N) is 1. The molecule has 0 atom stereocenters. The van der Waals surface area contributed by atoms with E-state index >= 15 is 0 Å². The number of aromatic nitrogens is 2. The number of carbonyl (C=O) groups is 1. The van der Waals surface area contributed by atoms with Crippen molar-refractivity contribution in [2.24, 2.45) is 0 Å². The number of benzene rings is 2. The van der Waals surface area contributed by atoms with E-state index in [0.29, 0.717) is 23.1 Å². The van der Waals surface area contributed by atoms with Crippen LogP contribution < -0.4 is 5.32 Å². The number of carbonyl (C=O) groups excluding carboxylic acids is 1. The molecule has 6 heteroatoms. The summed E-state index contributed by atoms with van der Waals surface area (Å²) in [5.41, 5.74) is 1.30. The summed E-state index contributed by atoms with van der Waals surface area (Å²) in [5, 5.41) is 13.3. The van der Waals surface area contributed by atoms with Gasteiger partial charge >= 0.3 is 5.97 Å². The van der Waals surface area contributed by atoms with Gasteiger partial charge in [-0.25, -0.2) is 4.79 Å². The van der Waals surface area contributed by atoms with Crippen molar-refractivity contribution in [3.05, 3.63) is 59.2 Å². The summed E-state index contributed by atoms with van der Waals surface area (Å²) < 4.78 is 4.96. The lowest BCUT2D eigenvalue weighted by Gasteiger charge is -2.09. The first-order valence-corrected chi connectivity index (χ1v) is 7.52. The minimum atomic E-state index is -0.337. The Hall–Kier alpha value is -2.66. The van der Waals surface area contributed by atoms with Gasteiger partial charge in [0.15, 0.2) is 11.0 Å². The van der Waals surface area contributed by atoms with E-state index in [0.717, 1.165) is 16.5 Å². The largest absolute Gasteiger partial charge is 0.462 e. The van der Waals surface area contributed by atoms with Crippen molar-refractivity contribution in [1.29, 1.82) is 0 Å². The third-order valence-electron chi connectivity index (χ3n) is 3.30. The molecule has 1 aromatic heterocycles. The average molecular weight is 328 g/mol. The monoisotopic (exact) mass is 327 g/mol. The third-order valence-corrected chi connectivity index (χ3v) is 3.58. The van der Waals surface area contributed by atoms with E-state index in [4.69, 9.17) is 16.3 Å². The summed E-state index contributed by atoms with van der Waals surface area (Å²) in [6.45, 7) is 2.13. The van der Waals surface area contributed by atoms with Crippen molar-refractivity contribution in [2.45, 2.75) is 6.92 Å². The second kappa shape index (κ2) is 6.62. The maximum absolute atomic E-state index is 11.6. The predicted octanol–water partition coefficient (Wildman–Crippen LogP) is 4.20. The highest BCUT2D eigenvalue weighted by atomic mass is 35.5. The van der Waals surface area contributed by atoms with E-state index in [-0.39, 0.29) is 5.97 Å². The Morgan fingerprint density at radius 3 is 2.48 bits per heavy atom. The molecule has 0 saturated carbocycles. The van der Waals surface area contributed by atoms with E-state index in [1.54, 1.807) is 31.2 Å². The Kier molecular flexibility index (Phi) is 4.39. The molecule has 0 bridgehead atoms. The number of ether oxygens (including phenoxy) is 1. The van der Waals surface area contributed by atoms with E-state index in [1.807, 2.05) is 24.3 Å². The van der Waals surface area contributed by atoms with Crippen LogP contribution in [0.15, 0.2) is 48.5 Å². The van der Waals surface area contributed by atoms with Crippen LogP contribution in [0.25, 0.3) is 10.8 Å². The molecule has 1 heterocycles. The van der Waals surface area contributed by atoms with Gasteiger partial charge in [-0.15, -0.1) is 10.2 Å². The minimum absolute atomic E-state index is 0.337. The summed E-state index contributed by atoms with van der Waals surface area (Å²) in [4.78, 5) is 11.6. The maximum atomic E-state index is 11.6. The summed E-state index contributed by atoms with van der Waals surface area (Å²) in [6.07, 6.45) is 0. The van der Waals surface area contributed by atoms with Crippen molar-refractivity contribution < 1.29 is 9.53 Å². The smallest absolute Gasteiger partial charge is 0.338 e. The summed E-state index contributed by atoms with van der Waals surface area (Å²) in [6, 6.07) is 14.6. The molecular weight excluding hydrogens is 314 g/mol. The lowest BCUT2D eigenvalue weighted by molar-refractivity contribution is 0.0526. The molecule has 0 saturated heterocycles. The van der Waals surface area contributed by atoms with Crippen LogP contribution in [-0.2, 0) is 4.74 Å². The van der Waals surface area contributed by atoms with Crippen molar-refractivity contribution in [2.75, 3.05) is 11.9 Å². The van der Waals surface area contributed by atoms with Gasteiger partial charge in [0.05, 0.1) is 12.2 Å². The van der Waals surface area contributed by atoms with Crippen molar-refractivity contribution in [1.82, 2.24) is 10.2 Å². The maximum Gasteiger partial charge on any atom is 0.338 e. The van der Waals surface area contributed by atoms with Gasteiger partial charge in [0.25, 0.3) is 0 Å². The zero-order valence-electron chi connectivity index (χ0n) is 12.4. The number of nitrogens with zero attached hydrogens (tertiary/aromatic N) is 2. The number of hydrogen-bond donors (Lipinski definition) is 1. The van der Waals surface area contributed by atoms with E-state index in [2.05, 4.69) is 15.5 Å². The number of esters is 1. The normalized spacial score (nSPS) is 10.5. The van der Waals surface area contributed by atoms with Crippen LogP contribution in [0.3, 0.4) is 0 Å². The Bertz CT molecular complexity index is 850. The SMILES string of the molecule is CCOC(=O)c1ccc(Nc2nnc(Cl)c3ccccc23)cc1. The predicted molar refractivity (Wildman–Crippen MR) is 90.2 cm³/mol. The van der Waals surface area contributed by atoms with Crippen LogP contribution in [0.1, 0.15) is 17.3 Å². The molecule has 0 spiro atoms. The molecule has 0 fully saturated rings. The van der Waals surface area contributed by atoms with Crippen LogP contribution >= 0.6 is 11.6 Å². The number of rotatable bonds is 4. The molecule has 0 aliphatic carbocycles. The lowest BCUT2D eigenvalue weighted by Crippen LogP contribution is -2.04. The Balaban J connectivity index is 1.88.